The second-order valence-corrected chi connectivity index (χ2v) is 4.00. The Kier molecular flexibility index (Phi) is 4.78. The lowest BCUT2D eigenvalue weighted by Crippen LogP contribution is -1.95. The van der Waals surface area contributed by atoms with Gasteiger partial charge in [0.2, 0.25) is 0 Å². The Morgan fingerprint density at radius 3 is 2.80 bits per heavy atom. The predicted molar refractivity (Wildman–Crippen MR) is 60.9 cm³/mol. The van der Waals surface area contributed by atoms with E-state index < -0.39 is 0 Å². The van der Waals surface area contributed by atoms with E-state index in [1.165, 1.54) is 0 Å². The van der Waals surface area contributed by atoms with Gasteiger partial charge in [0.1, 0.15) is 5.75 Å². The number of ether oxygens (including phenoxy) is 2. The molecule has 0 atom stereocenters. The first kappa shape index (κ1) is 12.2. The molecule has 0 heterocycles. The molecule has 0 aliphatic heterocycles. The Bertz CT molecular complexity index is 355. The van der Waals surface area contributed by atoms with Crippen LogP contribution in [0.15, 0.2) is 23.1 Å². The van der Waals surface area contributed by atoms with Crippen LogP contribution in [0.1, 0.15) is 6.92 Å². The van der Waals surface area contributed by atoms with Crippen molar-refractivity contribution in [2.75, 3.05) is 13.7 Å². The van der Waals surface area contributed by atoms with Crippen LogP contribution in [0.5, 0.6) is 5.75 Å². The highest BCUT2D eigenvalue weighted by atomic mass is 35.5. The zero-order chi connectivity index (χ0) is 11.3. The molecule has 0 saturated heterocycles. The minimum absolute atomic E-state index is 0.335. The zero-order valence-corrected chi connectivity index (χ0v) is 10.0. The van der Waals surface area contributed by atoms with Crippen molar-refractivity contribution < 1.29 is 14.3 Å². The van der Waals surface area contributed by atoms with Crippen LogP contribution in [0.3, 0.4) is 0 Å². The van der Waals surface area contributed by atoms with Crippen LogP contribution in [-0.2, 0) is 4.74 Å². The molecule has 0 bridgehead atoms. The summed E-state index contributed by atoms with van der Waals surface area (Å²) >= 11 is 6.90. The van der Waals surface area contributed by atoms with E-state index in [2.05, 4.69) is 0 Å². The van der Waals surface area contributed by atoms with Crippen LogP contribution in [-0.4, -0.2) is 19.0 Å². The standard InChI is InChI=1S/C10H11ClO3S/c1-3-14-10(12)15-7-4-5-9(13-2)8(11)6-7/h4-6H,3H2,1-2H3. The molecular formula is C10H11ClO3S. The Balaban J connectivity index is 2.71. The number of hydrogen-bond acceptors (Lipinski definition) is 4. The van der Waals surface area contributed by atoms with Crippen LogP contribution < -0.4 is 4.74 Å². The van der Waals surface area contributed by atoms with Crippen molar-refractivity contribution in [3.8, 4) is 5.75 Å². The summed E-state index contributed by atoms with van der Waals surface area (Å²) in [6, 6.07) is 5.14. The maximum Gasteiger partial charge on any atom is 0.372 e. The SMILES string of the molecule is CCOC(=O)Sc1ccc(OC)c(Cl)c1. The summed E-state index contributed by atoms with van der Waals surface area (Å²) in [5.74, 6) is 0.588. The maximum absolute atomic E-state index is 11.1. The molecule has 1 aromatic rings. The van der Waals surface area contributed by atoms with Crippen molar-refractivity contribution >= 4 is 28.7 Å². The van der Waals surface area contributed by atoms with Gasteiger partial charge in [0, 0.05) is 4.90 Å². The first-order valence-corrected chi connectivity index (χ1v) is 5.55. The zero-order valence-electron chi connectivity index (χ0n) is 8.45. The maximum atomic E-state index is 11.1. The van der Waals surface area contributed by atoms with Gasteiger partial charge in [-0.05, 0) is 36.9 Å². The van der Waals surface area contributed by atoms with Crippen molar-refractivity contribution in [2.45, 2.75) is 11.8 Å². The number of thioether (sulfide) groups is 1. The van der Waals surface area contributed by atoms with Gasteiger partial charge in [-0.2, -0.15) is 0 Å². The summed E-state index contributed by atoms with van der Waals surface area (Å²) in [5.41, 5.74) is 0. The van der Waals surface area contributed by atoms with Gasteiger partial charge in [0.25, 0.3) is 0 Å². The van der Waals surface area contributed by atoms with E-state index in [1.807, 2.05) is 0 Å². The highest BCUT2D eigenvalue weighted by molar-refractivity contribution is 8.13. The van der Waals surface area contributed by atoms with Gasteiger partial charge in [-0.15, -0.1) is 0 Å². The summed E-state index contributed by atoms with van der Waals surface area (Å²) in [4.78, 5) is 11.9. The van der Waals surface area contributed by atoms with E-state index in [9.17, 15) is 4.79 Å². The van der Waals surface area contributed by atoms with Gasteiger partial charge < -0.3 is 9.47 Å². The molecular weight excluding hydrogens is 236 g/mol. The first-order valence-electron chi connectivity index (χ1n) is 4.35. The highest BCUT2D eigenvalue weighted by Gasteiger charge is 2.07. The number of carbonyl (C=O) groups is 1. The molecule has 0 saturated carbocycles. The monoisotopic (exact) mass is 246 g/mol. The molecule has 1 aromatic carbocycles. The third-order valence-corrected chi connectivity index (χ3v) is 2.66. The third-order valence-electron chi connectivity index (χ3n) is 1.59. The van der Waals surface area contributed by atoms with Gasteiger partial charge in [-0.1, -0.05) is 11.6 Å². The Morgan fingerprint density at radius 2 is 2.27 bits per heavy atom. The van der Waals surface area contributed by atoms with Crippen molar-refractivity contribution in [3.63, 3.8) is 0 Å². The average molecular weight is 247 g/mol. The van der Waals surface area contributed by atoms with Crippen LogP contribution in [0.4, 0.5) is 4.79 Å². The molecule has 0 aromatic heterocycles. The van der Waals surface area contributed by atoms with E-state index in [0.717, 1.165) is 16.7 Å². The molecule has 0 N–H and O–H groups in total. The fourth-order valence-corrected chi connectivity index (χ4v) is 1.96. The fourth-order valence-electron chi connectivity index (χ4n) is 0.954. The molecule has 0 amide bonds. The second-order valence-electron chi connectivity index (χ2n) is 2.58. The molecule has 82 valence electrons. The van der Waals surface area contributed by atoms with Crippen molar-refractivity contribution in [1.82, 2.24) is 0 Å². The second kappa shape index (κ2) is 5.88. The van der Waals surface area contributed by atoms with Gasteiger partial charge in [0.15, 0.2) is 0 Å². The van der Waals surface area contributed by atoms with E-state index in [4.69, 9.17) is 21.1 Å². The minimum atomic E-state index is -0.335. The Hall–Kier alpha value is -0.870. The largest absolute Gasteiger partial charge is 0.495 e. The van der Waals surface area contributed by atoms with Gasteiger partial charge >= 0.3 is 5.30 Å². The lowest BCUT2D eigenvalue weighted by Gasteiger charge is -2.05. The van der Waals surface area contributed by atoms with Crippen LogP contribution in [0.2, 0.25) is 5.02 Å². The lowest BCUT2D eigenvalue weighted by atomic mass is 10.3. The molecule has 0 unspecified atom stereocenters. The number of methoxy groups -OCH3 is 1. The van der Waals surface area contributed by atoms with Gasteiger partial charge in [-0.25, -0.2) is 4.79 Å². The van der Waals surface area contributed by atoms with Crippen LogP contribution >= 0.6 is 23.4 Å². The molecule has 15 heavy (non-hydrogen) atoms. The number of carbonyl (C=O) groups excluding carboxylic acids is 1. The molecule has 3 nitrogen and oxygen atoms in total. The smallest absolute Gasteiger partial charge is 0.372 e. The van der Waals surface area contributed by atoms with Gasteiger partial charge in [-0.3, -0.25) is 0 Å². The number of halogens is 1. The first-order chi connectivity index (χ1) is 7.17. The average Bonchev–Trinajstić information content (AvgIpc) is 2.18. The van der Waals surface area contributed by atoms with E-state index in [-0.39, 0.29) is 5.30 Å². The summed E-state index contributed by atoms with van der Waals surface area (Å²) in [6.45, 7) is 2.13. The molecule has 1 rings (SSSR count). The fraction of sp³-hybridized carbons (Fsp3) is 0.300. The normalized spacial score (nSPS) is 9.80. The van der Waals surface area contributed by atoms with Crippen LogP contribution in [0.25, 0.3) is 0 Å². The van der Waals surface area contributed by atoms with E-state index in [1.54, 1.807) is 32.2 Å². The number of hydrogen-bond donors (Lipinski definition) is 0. The number of rotatable bonds is 3. The molecule has 5 heteroatoms. The van der Waals surface area contributed by atoms with Crippen LogP contribution in [0, 0.1) is 0 Å². The Morgan fingerprint density at radius 1 is 1.53 bits per heavy atom. The molecule has 0 radical (unpaired) electrons. The summed E-state index contributed by atoms with van der Waals surface area (Å²) in [5, 5.41) is 0.144. The summed E-state index contributed by atoms with van der Waals surface area (Å²) < 4.78 is 9.79. The minimum Gasteiger partial charge on any atom is -0.495 e. The molecule has 0 spiro atoms. The Labute approximate surface area is 97.7 Å². The van der Waals surface area contributed by atoms with Crippen molar-refractivity contribution in [3.05, 3.63) is 23.2 Å². The number of benzene rings is 1. The van der Waals surface area contributed by atoms with Crippen molar-refractivity contribution in [1.29, 1.82) is 0 Å². The molecule has 0 aliphatic carbocycles. The highest BCUT2D eigenvalue weighted by Crippen LogP contribution is 2.30. The van der Waals surface area contributed by atoms with E-state index >= 15 is 0 Å². The predicted octanol–water partition coefficient (Wildman–Crippen LogP) is 3.60. The quantitative estimate of drug-likeness (QED) is 0.603. The van der Waals surface area contributed by atoms with Crippen molar-refractivity contribution in [2.24, 2.45) is 0 Å². The summed E-state index contributed by atoms with van der Waals surface area (Å²) in [6.07, 6.45) is 0. The van der Waals surface area contributed by atoms with Gasteiger partial charge in [0.05, 0.1) is 18.7 Å². The topological polar surface area (TPSA) is 35.5 Å². The lowest BCUT2D eigenvalue weighted by molar-refractivity contribution is 0.181. The third kappa shape index (κ3) is 3.64. The molecule has 0 aliphatic rings. The molecule has 0 fully saturated rings. The summed E-state index contributed by atoms with van der Waals surface area (Å²) in [7, 11) is 1.54. The van der Waals surface area contributed by atoms with E-state index in [0.29, 0.717) is 17.4 Å².